The average Bonchev–Trinajstić information content (AvgIpc) is 2.57. The van der Waals surface area contributed by atoms with Gasteiger partial charge in [-0.15, -0.1) is 0 Å². The fourth-order valence-corrected chi connectivity index (χ4v) is 2.75. The summed E-state index contributed by atoms with van der Waals surface area (Å²) in [6.45, 7) is 3.15. The molecule has 0 fully saturated rings. The number of amides is 2. The number of rotatable bonds is 5. The Hall–Kier alpha value is -2.54. The van der Waals surface area contributed by atoms with Crippen molar-refractivity contribution in [2.45, 2.75) is 26.4 Å². The maximum atomic E-state index is 13.0. The van der Waals surface area contributed by atoms with Crippen molar-refractivity contribution in [3.63, 3.8) is 0 Å². The Labute approximate surface area is 159 Å². The van der Waals surface area contributed by atoms with Gasteiger partial charge in [0.2, 0.25) is 11.8 Å². The molecule has 144 valence electrons. The number of carbonyl (C=O) groups excluding carboxylic acids is 2. The highest BCUT2D eigenvalue weighted by Gasteiger charge is 2.33. The first-order valence-corrected chi connectivity index (χ1v) is 8.47. The molecule has 0 spiro atoms. The number of carbonyl (C=O) groups is 2. The summed E-state index contributed by atoms with van der Waals surface area (Å²) >= 11 is 5.97. The summed E-state index contributed by atoms with van der Waals surface area (Å²) in [5.74, 6) is -0.929. The van der Waals surface area contributed by atoms with E-state index in [2.05, 4.69) is 5.32 Å². The molecule has 0 aliphatic rings. The third-order valence-electron chi connectivity index (χ3n) is 3.91. The molecule has 0 radical (unpaired) electrons. The Kier molecular flexibility index (Phi) is 6.49. The summed E-state index contributed by atoms with van der Waals surface area (Å²) in [5.41, 5.74) is 0.103. The Morgan fingerprint density at radius 2 is 1.81 bits per heavy atom. The molecule has 0 atom stereocenters. The van der Waals surface area contributed by atoms with Gasteiger partial charge in [0.25, 0.3) is 0 Å². The van der Waals surface area contributed by atoms with E-state index in [1.165, 1.54) is 30.0 Å². The van der Waals surface area contributed by atoms with Crippen LogP contribution in [0, 0.1) is 6.92 Å². The first kappa shape index (κ1) is 20.8. The zero-order valence-corrected chi connectivity index (χ0v) is 15.5. The van der Waals surface area contributed by atoms with Crippen LogP contribution in [0.2, 0.25) is 5.02 Å². The van der Waals surface area contributed by atoms with E-state index in [1.807, 2.05) is 0 Å². The summed E-state index contributed by atoms with van der Waals surface area (Å²) in [6.07, 6.45) is -4.75. The highest BCUT2D eigenvalue weighted by Crippen LogP contribution is 2.34. The van der Waals surface area contributed by atoms with Gasteiger partial charge < -0.3 is 10.2 Å². The van der Waals surface area contributed by atoms with E-state index in [1.54, 1.807) is 25.1 Å². The van der Waals surface area contributed by atoms with Crippen LogP contribution in [-0.2, 0) is 15.8 Å². The van der Waals surface area contributed by atoms with Gasteiger partial charge in [-0.2, -0.15) is 13.2 Å². The maximum Gasteiger partial charge on any atom is 0.418 e. The van der Waals surface area contributed by atoms with Crippen molar-refractivity contribution in [2.24, 2.45) is 0 Å². The highest BCUT2D eigenvalue weighted by atomic mass is 35.5. The smallest absolute Gasteiger partial charge is 0.325 e. The molecule has 2 amide bonds. The number of halogens is 4. The van der Waals surface area contributed by atoms with Crippen molar-refractivity contribution in [2.75, 3.05) is 16.8 Å². The number of para-hydroxylation sites is 1. The molecule has 0 aliphatic heterocycles. The molecule has 27 heavy (non-hydrogen) atoms. The number of nitrogens with zero attached hydrogens (tertiary/aromatic N) is 1. The van der Waals surface area contributed by atoms with E-state index in [-0.39, 0.29) is 24.6 Å². The van der Waals surface area contributed by atoms with Crippen molar-refractivity contribution in [3.8, 4) is 0 Å². The van der Waals surface area contributed by atoms with Crippen molar-refractivity contribution in [3.05, 3.63) is 58.6 Å². The van der Waals surface area contributed by atoms with Gasteiger partial charge in [-0.25, -0.2) is 0 Å². The van der Waals surface area contributed by atoms with E-state index in [0.717, 1.165) is 11.6 Å². The maximum absolute atomic E-state index is 13.0. The van der Waals surface area contributed by atoms with Crippen LogP contribution in [0.5, 0.6) is 0 Å². The monoisotopic (exact) mass is 398 g/mol. The number of aryl methyl sites for hydroxylation is 1. The van der Waals surface area contributed by atoms with Crippen molar-refractivity contribution in [1.29, 1.82) is 0 Å². The molecule has 0 saturated heterocycles. The van der Waals surface area contributed by atoms with Crippen molar-refractivity contribution < 1.29 is 22.8 Å². The van der Waals surface area contributed by atoms with Crippen LogP contribution < -0.4 is 10.2 Å². The minimum absolute atomic E-state index is 0.0105. The van der Waals surface area contributed by atoms with Crippen molar-refractivity contribution >= 4 is 34.8 Å². The Bertz CT molecular complexity index is 853. The van der Waals surface area contributed by atoms with E-state index < -0.39 is 17.6 Å². The van der Waals surface area contributed by atoms with Gasteiger partial charge in [-0.3, -0.25) is 9.59 Å². The lowest BCUT2D eigenvalue weighted by atomic mass is 10.1. The minimum atomic E-state index is -4.58. The highest BCUT2D eigenvalue weighted by molar-refractivity contribution is 6.31. The lowest BCUT2D eigenvalue weighted by molar-refractivity contribution is -0.137. The largest absolute Gasteiger partial charge is 0.418 e. The first-order valence-electron chi connectivity index (χ1n) is 8.10. The molecule has 0 saturated carbocycles. The molecule has 0 aliphatic carbocycles. The van der Waals surface area contributed by atoms with Gasteiger partial charge in [0.1, 0.15) is 0 Å². The summed E-state index contributed by atoms with van der Waals surface area (Å²) < 4.78 is 39.0. The lowest BCUT2D eigenvalue weighted by Gasteiger charge is -2.23. The first-order chi connectivity index (χ1) is 12.6. The summed E-state index contributed by atoms with van der Waals surface area (Å²) in [4.78, 5) is 25.5. The zero-order valence-electron chi connectivity index (χ0n) is 14.7. The van der Waals surface area contributed by atoms with Gasteiger partial charge in [-0.05, 0) is 36.8 Å². The molecule has 1 N–H and O–H groups in total. The normalized spacial score (nSPS) is 11.2. The van der Waals surface area contributed by atoms with Gasteiger partial charge >= 0.3 is 6.18 Å². The van der Waals surface area contributed by atoms with Crippen LogP contribution in [0.25, 0.3) is 0 Å². The molecule has 4 nitrogen and oxygen atoms in total. The van der Waals surface area contributed by atoms with E-state index in [9.17, 15) is 22.8 Å². The van der Waals surface area contributed by atoms with Gasteiger partial charge in [-0.1, -0.05) is 29.8 Å². The van der Waals surface area contributed by atoms with Crippen LogP contribution >= 0.6 is 11.6 Å². The number of alkyl halides is 3. The molecule has 0 unspecified atom stereocenters. The number of hydrogen-bond acceptors (Lipinski definition) is 2. The number of anilines is 2. The zero-order chi connectivity index (χ0) is 20.2. The summed E-state index contributed by atoms with van der Waals surface area (Å²) in [6, 6.07) is 9.76. The predicted octanol–water partition coefficient (Wildman–Crippen LogP) is 5.05. The third kappa shape index (κ3) is 5.47. The van der Waals surface area contributed by atoms with E-state index in [0.29, 0.717) is 10.7 Å². The Balaban J connectivity index is 2.12. The molecule has 0 aromatic heterocycles. The van der Waals surface area contributed by atoms with Crippen LogP contribution in [0.15, 0.2) is 42.5 Å². The Morgan fingerprint density at radius 3 is 2.44 bits per heavy atom. The predicted molar refractivity (Wildman–Crippen MR) is 98.9 cm³/mol. The number of hydrogen-bond donors (Lipinski definition) is 1. The quantitative estimate of drug-likeness (QED) is 0.766. The Morgan fingerprint density at radius 1 is 1.15 bits per heavy atom. The molecular weight excluding hydrogens is 381 g/mol. The molecule has 8 heteroatoms. The lowest BCUT2D eigenvalue weighted by Crippen LogP contribution is -2.32. The summed E-state index contributed by atoms with van der Waals surface area (Å²) in [7, 11) is 0. The fraction of sp³-hybridized carbons (Fsp3) is 0.263. The third-order valence-corrected chi connectivity index (χ3v) is 4.15. The van der Waals surface area contributed by atoms with Crippen LogP contribution in [0.4, 0.5) is 24.5 Å². The topological polar surface area (TPSA) is 49.4 Å². The van der Waals surface area contributed by atoms with E-state index in [4.69, 9.17) is 11.6 Å². The van der Waals surface area contributed by atoms with Gasteiger partial charge in [0.15, 0.2) is 0 Å². The molecule has 2 aromatic carbocycles. The molecule has 2 rings (SSSR count). The van der Waals surface area contributed by atoms with Crippen molar-refractivity contribution in [1.82, 2.24) is 0 Å². The molecule has 0 bridgehead atoms. The number of nitrogens with one attached hydrogen (secondary N) is 1. The standard InChI is InChI=1S/C19H18ClF3N2O2/c1-12-7-8-14(20)11-17(12)25(13(2)26)10-9-18(27)24-16-6-4-3-5-15(16)19(21,22)23/h3-8,11H,9-10H2,1-2H3,(H,24,27). The van der Waals surface area contributed by atoms with Gasteiger partial charge in [0, 0.05) is 30.6 Å². The summed E-state index contributed by atoms with van der Waals surface area (Å²) in [5, 5.41) is 2.70. The minimum Gasteiger partial charge on any atom is -0.325 e. The van der Waals surface area contributed by atoms with Crippen LogP contribution in [-0.4, -0.2) is 18.4 Å². The van der Waals surface area contributed by atoms with E-state index >= 15 is 0 Å². The SMILES string of the molecule is CC(=O)N(CCC(=O)Nc1ccccc1C(F)(F)F)c1cc(Cl)ccc1C. The molecule has 2 aromatic rings. The molecule has 0 heterocycles. The van der Waals surface area contributed by atoms with Gasteiger partial charge in [0.05, 0.1) is 11.3 Å². The second-order valence-electron chi connectivity index (χ2n) is 5.94. The second kappa shape index (κ2) is 8.43. The average molecular weight is 399 g/mol. The van der Waals surface area contributed by atoms with Crippen LogP contribution in [0.3, 0.4) is 0 Å². The second-order valence-corrected chi connectivity index (χ2v) is 6.38. The van der Waals surface area contributed by atoms with Crippen LogP contribution in [0.1, 0.15) is 24.5 Å². The fourth-order valence-electron chi connectivity index (χ4n) is 2.59. The molecular formula is C19H18ClF3N2O2. The number of benzene rings is 2.